The summed E-state index contributed by atoms with van der Waals surface area (Å²) < 4.78 is 27.6. The molecule has 4 heteroatoms. The summed E-state index contributed by atoms with van der Waals surface area (Å²) in [6.07, 6.45) is -0.605. The monoisotopic (exact) mass is 167 g/mol. The summed E-state index contributed by atoms with van der Waals surface area (Å²) in [5.74, 6) is 0. The summed E-state index contributed by atoms with van der Waals surface area (Å²) in [6.45, 7) is 1.72. The Balaban J connectivity index is 3.10. The Hall–Kier alpha value is -0.220. The molecule has 0 aromatic carbocycles. The number of hydrogen-bond acceptors (Lipinski definition) is 2. The van der Waals surface area contributed by atoms with Crippen LogP contribution in [0, 0.1) is 0 Å². The molecule has 0 radical (unpaired) electrons. The van der Waals surface area contributed by atoms with Gasteiger partial charge < -0.3 is 10.5 Å². The summed E-state index contributed by atoms with van der Waals surface area (Å²) >= 11 is 0. The average molecular weight is 167 g/mol. The Morgan fingerprint density at radius 3 is 2.45 bits per heavy atom. The highest BCUT2D eigenvalue weighted by atomic mass is 19.3. The van der Waals surface area contributed by atoms with Gasteiger partial charge >= 0.3 is 0 Å². The van der Waals surface area contributed by atoms with E-state index in [-0.39, 0.29) is 12.6 Å². The van der Waals surface area contributed by atoms with Crippen molar-refractivity contribution in [2.24, 2.45) is 5.73 Å². The predicted molar refractivity (Wildman–Crippen MR) is 39.7 cm³/mol. The third-order valence-corrected chi connectivity index (χ3v) is 1.24. The lowest BCUT2D eigenvalue weighted by molar-refractivity contribution is 0.0121. The zero-order chi connectivity index (χ0) is 8.69. The van der Waals surface area contributed by atoms with Gasteiger partial charge in [0.2, 0.25) is 0 Å². The Morgan fingerprint density at radius 2 is 2.00 bits per heavy atom. The average Bonchev–Trinajstić information content (AvgIpc) is 1.87. The summed E-state index contributed by atoms with van der Waals surface area (Å²) in [5, 5.41) is 0. The smallest absolute Gasteiger partial charge is 0.261 e. The van der Waals surface area contributed by atoms with Gasteiger partial charge in [-0.15, -0.1) is 0 Å². The van der Waals surface area contributed by atoms with E-state index >= 15 is 0 Å². The number of alkyl halides is 2. The van der Waals surface area contributed by atoms with Gasteiger partial charge in [-0.05, 0) is 6.42 Å². The maximum atomic E-state index is 11.5. The van der Waals surface area contributed by atoms with E-state index in [2.05, 4.69) is 4.74 Å². The third-order valence-electron chi connectivity index (χ3n) is 1.24. The van der Waals surface area contributed by atoms with Gasteiger partial charge in [0.1, 0.15) is 6.61 Å². The molecule has 11 heavy (non-hydrogen) atoms. The Morgan fingerprint density at radius 1 is 1.36 bits per heavy atom. The van der Waals surface area contributed by atoms with Crippen LogP contribution in [0.25, 0.3) is 0 Å². The van der Waals surface area contributed by atoms with E-state index in [1.54, 1.807) is 0 Å². The minimum atomic E-state index is -2.39. The van der Waals surface area contributed by atoms with Crippen LogP contribution in [0.5, 0.6) is 0 Å². The van der Waals surface area contributed by atoms with Crippen molar-refractivity contribution >= 4 is 0 Å². The number of hydrogen-bond donors (Lipinski definition) is 1. The van der Waals surface area contributed by atoms with Crippen LogP contribution >= 0.6 is 0 Å². The fourth-order valence-corrected chi connectivity index (χ4v) is 0.763. The first-order chi connectivity index (χ1) is 5.16. The quantitative estimate of drug-likeness (QED) is 0.649. The highest BCUT2D eigenvalue weighted by molar-refractivity contribution is 4.57. The maximum absolute atomic E-state index is 11.5. The second kappa shape index (κ2) is 6.49. The number of ether oxygens (including phenoxy) is 1. The Kier molecular flexibility index (Phi) is 6.36. The van der Waals surface area contributed by atoms with Crippen molar-refractivity contribution in [3.05, 3.63) is 0 Å². The first kappa shape index (κ1) is 10.8. The number of rotatable bonds is 6. The molecule has 0 amide bonds. The highest BCUT2D eigenvalue weighted by Gasteiger charge is 2.04. The third kappa shape index (κ3) is 7.68. The van der Waals surface area contributed by atoms with Crippen LogP contribution in [-0.4, -0.2) is 25.7 Å². The second-order valence-electron chi connectivity index (χ2n) is 2.48. The van der Waals surface area contributed by atoms with Crippen LogP contribution in [0.2, 0.25) is 0 Å². The van der Waals surface area contributed by atoms with Crippen molar-refractivity contribution in [2.45, 2.75) is 32.2 Å². The molecule has 0 saturated heterocycles. The summed E-state index contributed by atoms with van der Waals surface area (Å²) in [7, 11) is 0. The first-order valence-corrected chi connectivity index (χ1v) is 3.78. The minimum Gasteiger partial charge on any atom is -0.374 e. The van der Waals surface area contributed by atoms with Crippen molar-refractivity contribution in [3.8, 4) is 0 Å². The minimum absolute atomic E-state index is 0.0984. The number of halogens is 2. The summed E-state index contributed by atoms with van der Waals surface area (Å²) in [6, 6.07) is -0.0984. The fourth-order valence-electron chi connectivity index (χ4n) is 0.763. The standard InChI is InChI=1S/C7H15F2NO/c1-2-3-6(10)4-11-5-7(8)9/h6-7H,2-5,10H2,1H3. The molecule has 0 bridgehead atoms. The molecule has 0 aliphatic carbocycles. The first-order valence-electron chi connectivity index (χ1n) is 3.78. The van der Waals surface area contributed by atoms with Crippen molar-refractivity contribution in [2.75, 3.05) is 13.2 Å². The van der Waals surface area contributed by atoms with E-state index in [9.17, 15) is 8.78 Å². The summed E-state index contributed by atoms with van der Waals surface area (Å²) in [4.78, 5) is 0. The van der Waals surface area contributed by atoms with Gasteiger partial charge in [-0.3, -0.25) is 0 Å². The van der Waals surface area contributed by atoms with Gasteiger partial charge in [0.05, 0.1) is 6.61 Å². The normalized spacial score (nSPS) is 13.9. The van der Waals surface area contributed by atoms with E-state index < -0.39 is 13.0 Å². The van der Waals surface area contributed by atoms with Crippen molar-refractivity contribution < 1.29 is 13.5 Å². The lowest BCUT2D eigenvalue weighted by atomic mass is 10.2. The lowest BCUT2D eigenvalue weighted by Crippen LogP contribution is -2.26. The van der Waals surface area contributed by atoms with Gasteiger partial charge in [0.25, 0.3) is 6.43 Å². The molecule has 2 nitrogen and oxygen atoms in total. The van der Waals surface area contributed by atoms with Crippen LogP contribution in [0.3, 0.4) is 0 Å². The second-order valence-corrected chi connectivity index (χ2v) is 2.48. The molecule has 0 rings (SSSR count). The zero-order valence-electron chi connectivity index (χ0n) is 6.72. The molecule has 0 aromatic heterocycles. The molecule has 0 aliphatic heterocycles. The molecule has 0 aliphatic rings. The van der Waals surface area contributed by atoms with Gasteiger partial charge in [-0.25, -0.2) is 8.78 Å². The Labute approximate surface area is 65.7 Å². The largest absolute Gasteiger partial charge is 0.374 e. The number of nitrogens with two attached hydrogens (primary N) is 1. The van der Waals surface area contributed by atoms with Crippen LogP contribution in [0.1, 0.15) is 19.8 Å². The Bertz CT molecular complexity index is 90.5. The molecule has 68 valence electrons. The van der Waals surface area contributed by atoms with E-state index in [1.807, 2.05) is 6.92 Å². The van der Waals surface area contributed by atoms with Crippen LogP contribution in [0.4, 0.5) is 8.78 Å². The topological polar surface area (TPSA) is 35.2 Å². The fraction of sp³-hybridized carbons (Fsp3) is 1.00. The summed E-state index contributed by atoms with van der Waals surface area (Å²) in [5.41, 5.74) is 5.50. The molecule has 2 N–H and O–H groups in total. The van der Waals surface area contributed by atoms with Crippen molar-refractivity contribution in [3.63, 3.8) is 0 Å². The molecule has 1 unspecified atom stereocenters. The van der Waals surface area contributed by atoms with E-state index in [0.717, 1.165) is 12.8 Å². The lowest BCUT2D eigenvalue weighted by Gasteiger charge is -2.09. The van der Waals surface area contributed by atoms with Gasteiger partial charge in [0, 0.05) is 6.04 Å². The van der Waals surface area contributed by atoms with Gasteiger partial charge in [-0.1, -0.05) is 13.3 Å². The molecule has 0 saturated carbocycles. The molecule has 0 spiro atoms. The van der Waals surface area contributed by atoms with Gasteiger partial charge in [0.15, 0.2) is 0 Å². The molecular weight excluding hydrogens is 152 g/mol. The molecule has 1 atom stereocenters. The highest BCUT2D eigenvalue weighted by Crippen LogP contribution is 1.96. The van der Waals surface area contributed by atoms with E-state index in [0.29, 0.717) is 0 Å². The van der Waals surface area contributed by atoms with E-state index in [1.165, 1.54) is 0 Å². The SMILES string of the molecule is CCCC(N)COCC(F)F. The predicted octanol–water partition coefficient (Wildman–Crippen LogP) is 1.40. The maximum Gasteiger partial charge on any atom is 0.261 e. The van der Waals surface area contributed by atoms with Crippen molar-refractivity contribution in [1.29, 1.82) is 0 Å². The van der Waals surface area contributed by atoms with Crippen molar-refractivity contribution in [1.82, 2.24) is 0 Å². The van der Waals surface area contributed by atoms with Gasteiger partial charge in [-0.2, -0.15) is 0 Å². The van der Waals surface area contributed by atoms with Crippen LogP contribution < -0.4 is 5.73 Å². The molecule has 0 aromatic rings. The molecule has 0 fully saturated rings. The molecular formula is C7H15F2NO. The van der Waals surface area contributed by atoms with Crippen LogP contribution in [0.15, 0.2) is 0 Å². The van der Waals surface area contributed by atoms with E-state index in [4.69, 9.17) is 5.73 Å². The molecule has 0 heterocycles. The van der Waals surface area contributed by atoms with Crippen LogP contribution in [-0.2, 0) is 4.74 Å². The zero-order valence-corrected chi connectivity index (χ0v) is 6.72.